The van der Waals surface area contributed by atoms with Gasteiger partial charge in [-0.3, -0.25) is 4.79 Å². The third-order valence-electron chi connectivity index (χ3n) is 2.08. The van der Waals surface area contributed by atoms with E-state index in [1.165, 1.54) is 29.1 Å². The van der Waals surface area contributed by atoms with Crippen LogP contribution in [0.25, 0.3) is 0 Å². The lowest BCUT2D eigenvalue weighted by atomic mass is 10.2. The zero-order valence-electron chi connectivity index (χ0n) is 10.6. The molecule has 0 aliphatic carbocycles. The fourth-order valence-electron chi connectivity index (χ4n) is 1.27. The van der Waals surface area contributed by atoms with Crippen molar-refractivity contribution in [1.29, 1.82) is 0 Å². The normalized spacial score (nSPS) is 11.0. The molecule has 1 rings (SSSR count). The van der Waals surface area contributed by atoms with E-state index in [-0.39, 0.29) is 18.7 Å². The summed E-state index contributed by atoms with van der Waals surface area (Å²) in [6.07, 6.45) is 2.75. The van der Waals surface area contributed by atoms with Gasteiger partial charge in [0.05, 0.1) is 0 Å². The molecule has 0 bridgehead atoms. The fourth-order valence-corrected chi connectivity index (χ4v) is 1.55. The second kappa shape index (κ2) is 7.64. The first kappa shape index (κ1) is 17.0. The molecule has 0 aliphatic rings. The number of hydrogen-bond acceptors (Lipinski definition) is 6. The van der Waals surface area contributed by atoms with Gasteiger partial charge in [-0.05, 0) is 6.07 Å². The van der Waals surface area contributed by atoms with Crippen LogP contribution >= 0.6 is 7.82 Å². The van der Waals surface area contributed by atoms with Gasteiger partial charge in [0.25, 0.3) is 17.7 Å². The lowest BCUT2D eigenvalue weighted by Crippen LogP contribution is -2.36. The number of pyridine rings is 1. The molecule has 0 radical (unpaired) electrons. The molecule has 11 nitrogen and oxygen atoms in total. The molecule has 1 amide bonds. The van der Waals surface area contributed by atoms with Crippen LogP contribution in [0.5, 0.6) is 0 Å². The van der Waals surface area contributed by atoms with Gasteiger partial charge in [0.2, 0.25) is 0 Å². The molecule has 0 aliphatic heterocycles. The van der Waals surface area contributed by atoms with E-state index in [1.807, 2.05) is 0 Å². The van der Waals surface area contributed by atoms with Crippen LogP contribution < -0.4 is 9.88 Å². The minimum absolute atomic E-state index is 0.0618. The molecule has 0 aromatic carbocycles. The first-order valence-corrected chi connectivity index (χ1v) is 7.05. The maximum absolute atomic E-state index is 11.7. The predicted octanol–water partition coefficient (Wildman–Crippen LogP) is -1.02. The van der Waals surface area contributed by atoms with Gasteiger partial charge in [-0.25, -0.2) is 9.09 Å². The molecule has 0 saturated heterocycles. The highest BCUT2D eigenvalue weighted by Gasteiger charge is 2.17. The Morgan fingerprint density at radius 3 is 2.86 bits per heavy atom. The summed E-state index contributed by atoms with van der Waals surface area (Å²) in [5, 5.41) is 11.3. The quantitative estimate of drug-likeness (QED) is 0.181. The van der Waals surface area contributed by atoms with E-state index in [2.05, 4.69) is 14.7 Å². The maximum atomic E-state index is 11.7. The van der Waals surface area contributed by atoms with Gasteiger partial charge in [0, 0.05) is 12.6 Å². The molecule has 0 fully saturated rings. The van der Waals surface area contributed by atoms with Crippen LogP contribution in [0.15, 0.2) is 24.5 Å². The number of carbonyl (C=O) groups is 1. The monoisotopic (exact) mass is 322 g/mol. The Hall–Kier alpha value is -2.07. The van der Waals surface area contributed by atoms with E-state index in [4.69, 9.17) is 9.79 Å². The van der Waals surface area contributed by atoms with E-state index in [0.717, 1.165) is 0 Å². The van der Waals surface area contributed by atoms with Gasteiger partial charge in [-0.15, -0.1) is 10.1 Å². The van der Waals surface area contributed by atoms with Crippen molar-refractivity contribution in [3.63, 3.8) is 0 Å². The highest BCUT2D eigenvalue weighted by atomic mass is 31.2. The van der Waals surface area contributed by atoms with Crippen LogP contribution in [0.4, 0.5) is 0 Å². The van der Waals surface area contributed by atoms with Crippen molar-refractivity contribution < 1.29 is 38.2 Å². The zero-order chi connectivity index (χ0) is 15.9. The SMILES string of the molecule is O=C(NCCO[N+](=O)[O-])c1ccc[n+](COP(=O)(O)O)c1. The second-order valence-corrected chi connectivity index (χ2v) is 4.91. The molecule has 21 heavy (non-hydrogen) atoms. The molecule has 0 atom stereocenters. The average Bonchev–Trinajstić information content (AvgIpc) is 2.40. The van der Waals surface area contributed by atoms with E-state index in [9.17, 15) is 19.5 Å². The molecule has 0 spiro atoms. The van der Waals surface area contributed by atoms with E-state index < -0.39 is 25.5 Å². The topological polar surface area (TPSA) is 152 Å². The van der Waals surface area contributed by atoms with Crippen molar-refractivity contribution in [1.82, 2.24) is 5.32 Å². The standard InChI is InChI=1S/C9H12N3O8P/c13-9(10-3-5-19-12(14)15)8-2-1-4-11(6-8)7-20-21(16,17)18/h1-2,4,6H,3,5,7H2,(H2-,10,13,16,17,18)/p+1. The first-order valence-electron chi connectivity index (χ1n) is 5.52. The Kier molecular flexibility index (Phi) is 6.18. The molecule has 1 aromatic heterocycles. The number of rotatable bonds is 8. The number of phosphoric acid groups is 1. The Morgan fingerprint density at radius 2 is 2.24 bits per heavy atom. The summed E-state index contributed by atoms with van der Waals surface area (Å²) in [7, 11) is -4.60. The van der Waals surface area contributed by atoms with E-state index in [0.29, 0.717) is 0 Å². The molecule has 1 heterocycles. The molecule has 116 valence electrons. The lowest BCUT2D eigenvalue weighted by molar-refractivity contribution is -0.757. The number of phosphoric ester groups is 1. The summed E-state index contributed by atoms with van der Waals surface area (Å²) in [4.78, 5) is 42.8. The van der Waals surface area contributed by atoms with Gasteiger partial charge in [-0.2, -0.15) is 4.57 Å². The number of carbonyl (C=O) groups excluding carboxylic acids is 1. The van der Waals surface area contributed by atoms with Gasteiger partial charge in [0.1, 0.15) is 12.2 Å². The number of nitrogens with zero attached hydrogens (tertiary/aromatic N) is 2. The summed E-state index contributed by atoms with van der Waals surface area (Å²) in [5.74, 6) is -0.521. The van der Waals surface area contributed by atoms with Crippen LogP contribution in [0, 0.1) is 10.1 Å². The Labute approximate surface area is 118 Å². The molecule has 0 saturated carbocycles. The van der Waals surface area contributed by atoms with Gasteiger partial charge in [-0.1, -0.05) is 0 Å². The summed E-state index contributed by atoms with van der Waals surface area (Å²) >= 11 is 0. The smallest absolute Gasteiger partial charge is 0.350 e. The summed E-state index contributed by atoms with van der Waals surface area (Å²) in [5.41, 5.74) is 0.188. The fraction of sp³-hybridized carbons (Fsp3) is 0.333. The molecule has 12 heteroatoms. The summed E-state index contributed by atoms with van der Waals surface area (Å²) in [6.45, 7) is -0.781. The van der Waals surface area contributed by atoms with Gasteiger partial charge in [0.15, 0.2) is 12.4 Å². The van der Waals surface area contributed by atoms with E-state index >= 15 is 0 Å². The minimum Gasteiger partial charge on any atom is -0.350 e. The van der Waals surface area contributed by atoms with Crippen LogP contribution in [0.1, 0.15) is 10.4 Å². The molecule has 3 N–H and O–H groups in total. The third-order valence-corrected chi connectivity index (χ3v) is 2.53. The Morgan fingerprint density at radius 1 is 1.52 bits per heavy atom. The highest BCUT2D eigenvalue weighted by Crippen LogP contribution is 2.35. The number of nitrogens with one attached hydrogen (secondary N) is 1. The predicted molar refractivity (Wildman–Crippen MR) is 65.0 cm³/mol. The summed E-state index contributed by atoms with van der Waals surface area (Å²) in [6, 6.07) is 2.93. The van der Waals surface area contributed by atoms with Crippen LogP contribution in [-0.2, 0) is 20.7 Å². The molecule has 0 unspecified atom stereocenters. The number of hydrogen-bond donors (Lipinski definition) is 3. The van der Waals surface area contributed by atoms with Crippen molar-refractivity contribution in [3.05, 3.63) is 40.2 Å². The Bertz CT molecular complexity index is 560. The minimum atomic E-state index is -4.60. The Balaban J connectivity index is 2.52. The maximum Gasteiger partial charge on any atom is 0.474 e. The van der Waals surface area contributed by atoms with Crippen molar-refractivity contribution in [2.24, 2.45) is 0 Å². The number of amides is 1. The molecular weight excluding hydrogens is 309 g/mol. The zero-order valence-corrected chi connectivity index (χ0v) is 11.5. The summed E-state index contributed by atoms with van der Waals surface area (Å²) < 4.78 is 16.1. The molecular formula is C9H13N3O8P+. The van der Waals surface area contributed by atoms with E-state index in [1.54, 1.807) is 0 Å². The number of aromatic nitrogens is 1. The largest absolute Gasteiger partial charge is 0.474 e. The van der Waals surface area contributed by atoms with Crippen LogP contribution in [0.3, 0.4) is 0 Å². The van der Waals surface area contributed by atoms with Gasteiger partial charge >= 0.3 is 7.82 Å². The third kappa shape index (κ3) is 7.32. The van der Waals surface area contributed by atoms with Crippen LogP contribution in [-0.4, -0.2) is 33.9 Å². The average molecular weight is 322 g/mol. The highest BCUT2D eigenvalue weighted by molar-refractivity contribution is 7.46. The van der Waals surface area contributed by atoms with Crippen LogP contribution in [0.2, 0.25) is 0 Å². The van der Waals surface area contributed by atoms with Crippen molar-refractivity contribution in [2.75, 3.05) is 13.2 Å². The second-order valence-electron chi connectivity index (χ2n) is 3.67. The van der Waals surface area contributed by atoms with Crippen molar-refractivity contribution in [2.45, 2.75) is 6.73 Å². The first-order chi connectivity index (χ1) is 9.78. The van der Waals surface area contributed by atoms with Crippen molar-refractivity contribution in [3.8, 4) is 0 Å². The van der Waals surface area contributed by atoms with Gasteiger partial charge < -0.3 is 19.9 Å². The van der Waals surface area contributed by atoms with Crippen molar-refractivity contribution >= 4 is 13.7 Å². The molecule has 1 aromatic rings. The lowest BCUT2D eigenvalue weighted by Gasteiger charge is -2.04.